The monoisotopic (exact) mass is 574 g/mol. The summed E-state index contributed by atoms with van der Waals surface area (Å²) >= 11 is 0. The van der Waals surface area contributed by atoms with Gasteiger partial charge in [-0.25, -0.2) is 0 Å². The largest absolute Gasteiger partial charge is 0.255 e. The van der Waals surface area contributed by atoms with Gasteiger partial charge < -0.3 is 0 Å². The first-order valence-electron chi connectivity index (χ1n) is 15.6. The van der Waals surface area contributed by atoms with E-state index in [1.807, 2.05) is 30.6 Å². The van der Waals surface area contributed by atoms with Crippen molar-refractivity contribution < 1.29 is 0 Å². The Morgan fingerprint density at radius 2 is 1.11 bits per heavy atom. The number of aromatic nitrogens is 2. The van der Waals surface area contributed by atoms with Crippen molar-refractivity contribution in [3.8, 4) is 44.8 Å². The molecule has 8 aromatic rings. The van der Waals surface area contributed by atoms with E-state index in [9.17, 15) is 0 Å². The summed E-state index contributed by atoms with van der Waals surface area (Å²) in [7, 11) is 0. The van der Waals surface area contributed by atoms with E-state index in [2.05, 4.69) is 134 Å². The second-order valence-electron chi connectivity index (χ2n) is 12.6. The predicted molar refractivity (Wildman–Crippen MR) is 188 cm³/mol. The van der Waals surface area contributed by atoms with E-state index in [1.165, 1.54) is 71.3 Å². The quantitative estimate of drug-likeness (QED) is 0.196. The van der Waals surface area contributed by atoms with Crippen LogP contribution in [-0.4, -0.2) is 9.97 Å². The number of hydrogen-bond donors (Lipinski definition) is 0. The Hall–Kier alpha value is -5.60. The minimum Gasteiger partial charge on any atom is -0.255 e. The van der Waals surface area contributed by atoms with E-state index in [1.54, 1.807) is 0 Å². The average Bonchev–Trinajstić information content (AvgIpc) is 3.32. The van der Waals surface area contributed by atoms with Crippen molar-refractivity contribution in [1.29, 1.82) is 0 Å². The van der Waals surface area contributed by atoms with Gasteiger partial charge in [0.05, 0.1) is 11.4 Å². The molecule has 0 fully saturated rings. The van der Waals surface area contributed by atoms with E-state index in [-0.39, 0.29) is 5.41 Å². The molecule has 45 heavy (non-hydrogen) atoms. The van der Waals surface area contributed by atoms with Crippen LogP contribution in [0, 0.1) is 0 Å². The summed E-state index contributed by atoms with van der Waals surface area (Å²) in [4.78, 5) is 9.45. The maximum Gasteiger partial charge on any atom is 0.0886 e. The Morgan fingerprint density at radius 1 is 0.444 bits per heavy atom. The maximum atomic E-state index is 4.92. The summed E-state index contributed by atoms with van der Waals surface area (Å²) in [5, 5.41) is 7.49. The third-order valence-electron chi connectivity index (χ3n) is 9.74. The van der Waals surface area contributed by atoms with Crippen LogP contribution in [0.5, 0.6) is 0 Å². The molecule has 0 N–H and O–H groups in total. The van der Waals surface area contributed by atoms with E-state index < -0.39 is 0 Å². The van der Waals surface area contributed by atoms with Crippen molar-refractivity contribution in [2.75, 3.05) is 0 Å². The fraction of sp³-hybridized carbons (Fsp3) is 0.0698. The summed E-state index contributed by atoms with van der Waals surface area (Å²) in [5.74, 6) is 0. The van der Waals surface area contributed by atoms with E-state index >= 15 is 0 Å². The standard InChI is InChI=1S/C43H30N2/c1-43(2)37-16-8-7-13-31(37)34-24-35-36(25-38(34)43)41(29-19-18-27-11-3-4-12-28(27)23-29)32-14-5-6-15-33(32)42(35)30-20-21-40(45-26-30)39-17-9-10-22-44-39/h3-26H,1-2H3. The lowest BCUT2D eigenvalue weighted by molar-refractivity contribution is 0.661. The van der Waals surface area contributed by atoms with Crippen molar-refractivity contribution in [3.05, 3.63) is 157 Å². The highest BCUT2D eigenvalue weighted by atomic mass is 14.8. The molecule has 0 unspecified atom stereocenters. The Labute approximate surface area is 262 Å². The van der Waals surface area contributed by atoms with Crippen LogP contribution in [-0.2, 0) is 5.41 Å². The molecule has 212 valence electrons. The van der Waals surface area contributed by atoms with E-state index in [0.717, 1.165) is 17.0 Å². The molecule has 2 nitrogen and oxygen atoms in total. The maximum absolute atomic E-state index is 4.92. The average molecular weight is 575 g/mol. The lowest BCUT2D eigenvalue weighted by Gasteiger charge is -2.24. The molecule has 6 aromatic carbocycles. The van der Waals surface area contributed by atoms with Gasteiger partial charge in [-0.3, -0.25) is 9.97 Å². The van der Waals surface area contributed by atoms with Crippen LogP contribution in [0.3, 0.4) is 0 Å². The molecule has 0 saturated heterocycles. The fourth-order valence-corrected chi connectivity index (χ4v) is 7.55. The molecule has 0 bridgehead atoms. The smallest absolute Gasteiger partial charge is 0.0886 e. The minimum atomic E-state index is -0.0987. The highest BCUT2D eigenvalue weighted by Crippen LogP contribution is 2.53. The molecule has 0 amide bonds. The highest BCUT2D eigenvalue weighted by molar-refractivity contribution is 6.22. The van der Waals surface area contributed by atoms with Gasteiger partial charge in [-0.2, -0.15) is 0 Å². The Bertz CT molecular complexity index is 2440. The molecule has 0 spiro atoms. The molecule has 0 atom stereocenters. The van der Waals surface area contributed by atoms with Gasteiger partial charge in [0.15, 0.2) is 0 Å². The topological polar surface area (TPSA) is 25.8 Å². The van der Waals surface area contributed by atoms with Crippen LogP contribution in [0.2, 0.25) is 0 Å². The first-order chi connectivity index (χ1) is 22.1. The van der Waals surface area contributed by atoms with Gasteiger partial charge >= 0.3 is 0 Å². The highest BCUT2D eigenvalue weighted by Gasteiger charge is 2.36. The molecule has 0 saturated carbocycles. The zero-order valence-electron chi connectivity index (χ0n) is 25.3. The number of nitrogens with zero attached hydrogens (tertiary/aromatic N) is 2. The van der Waals surface area contributed by atoms with Gasteiger partial charge in [0.25, 0.3) is 0 Å². The first-order valence-corrected chi connectivity index (χ1v) is 15.6. The van der Waals surface area contributed by atoms with Gasteiger partial charge in [0, 0.05) is 23.4 Å². The van der Waals surface area contributed by atoms with E-state index in [0.29, 0.717) is 0 Å². The molecule has 0 aliphatic heterocycles. The molecule has 2 heterocycles. The molecule has 0 radical (unpaired) electrons. The molecule has 1 aliphatic rings. The second-order valence-corrected chi connectivity index (χ2v) is 12.6. The SMILES string of the molecule is CC1(C)c2ccccc2-c2cc3c(-c4ccc(-c5ccccn5)nc4)c4ccccc4c(-c4ccc5ccccc5c4)c3cc21. The predicted octanol–water partition coefficient (Wildman–Crippen LogP) is 11.2. The third kappa shape index (κ3) is 3.89. The van der Waals surface area contributed by atoms with Gasteiger partial charge in [0.2, 0.25) is 0 Å². The van der Waals surface area contributed by atoms with Crippen molar-refractivity contribution in [2.24, 2.45) is 0 Å². The molecular weight excluding hydrogens is 544 g/mol. The lowest BCUT2D eigenvalue weighted by atomic mass is 9.79. The summed E-state index contributed by atoms with van der Waals surface area (Å²) < 4.78 is 0. The molecule has 2 heteroatoms. The fourth-order valence-electron chi connectivity index (χ4n) is 7.55. The van der Waals surface area contributed by atoms with Crippen molar-refractivity contribution in [2.45, 2.75) is 19.3 Å². The number of rotatable bonds is 3. The number of fused-ring (bicyclic) bond motifs is 6. The summed E-state index contributed by atoms with van der Waals surface area (Å²) in [6, 6.07) is 48.5. The second kappa shape index (κ2) is 9.70. The number of hydrogen-bond acceptors (Lipinski definition) is 2. The van der Waals surface area contributed by atoms with Gasteiger partial charge in [0.1, 0.15) is 0 Å². The van der Waals surface area contributed by atoms with Crippen molar-refractivity contribution >= 4 is 32.3 Å². The van der Waals surface area contributed by atoms with Crippen LogP contribution >= 0.6 is 0 Å². The number of benzene rings is 6. The zero-order valence-corrected chi connectivity index (χ0v) is 25.3. The lowest BCUT2D eigenvalue weighted by Crippen LogP contribution is -2.14. The minimum absolute atomic E-state index is 0.0987. The molecule has 1 aliphatic carbocycles. The van der Waals surface area contributed by atoms with Crippen LogP contribution in [0.4, 0.5) is 0 Å². The van der Waals surface area contributed by atoms with Gasteiger partial charge in [-0.15, -0.1) is 0 Å². The molecular formula is C43H30N2. The van der Waals surface area contributed by atoms with Crippen LogP contribution in [0.15, 0.2) is 146 Å². The summed E-state index contributed by atoms with van der Waals surface area (Å²) in [5.41, 5.74) is 11.9. The molecule has 9 rings (SSSR count). The Balaban J connectivity index is 1.40. The zero-order chi connectivity index (χ0) is 30.1. The van der Waals surface area contributed by atoms with Gasteiger partial charge in [-0.05, 0) is 108 Å². The van der Waals surface area contributed by atoms with Crippen LogP contribution in [0.1, 0.15) is 25.0 Å². The van der Waals surface area contributed by atoms with Crippen LogP contribution < -0.4 is 0 Å². The van der Waals surface area contributed by atoms with E-state index in [4.69, 9.17) is 4.98 Å². The normalized spacial score (nSPS) is 13.3. The summed E-state index contributed by atoms with van der Waals surface area (Å²) in [6.45, 7) is 4.73. The van der Waals surface area contributed by atoms with Gasteiger partial charge in [-0.1, -0.05) is 111 Å². The molecule has 2 aromatic heterocycles. The third-order valence-corrected chi connectivity index (χ3v) is 9.74. The summed E-state index contributed by atoms with van der Waals surface area (Å²) in [6.07, 6.45) is 3.84. The Morgan fingerprint density at radius 3 is 1.89 bits per heavy atom. The Kier molecular flexibility index (Phi) is 5.58. The first kappa shape index (κ1) is 25.9. The van der Waals surface area contributed by atoms with Crippen molar-refractivity contribution in [1.82, 2.24) is 9.97 Å². The number of pyridine rings is 2. The van der Waals surface area contributed by atoms with Crippen molar-refractivity contribution in [3.63, 3.8) is 0 Å². The van der Waals surface area contributed by atoms with Crippen LogP contribution in [0.25, 0.3) is 77.1 Å².